The Labute approximate surface area is 320 Å². The van der Waals surface area contributed by atoms with Crippen molar-refractivity contribution < 1.29 is 23.9 Å². The largest absolute Gasteiger partial charge is 0.493 e. The molecule has 5 heterocycles. The highest BCUT2D eigenvalue weighted by Crippen LogP contribution is 2.35. The lowest BCUT2D eigenvalue weighted by molar-refractivity contribution is -0.116. The molecule has 0 aliphatic carbocycles. The van der Waals surface area contributed by atoms with Crippen LogP contribution in [-0.4, -0.2) is 72.5 Å². The molecule has 1 atom stereocenters. The van der Waals surface area contributed by atoms with Crippen LogP contribution in [0.5, 0.6) is 5.75 Å². The Bertz CT molecular complexity index is 2340. The number of nitrogens with zero attached hydrogens (tertiary/aromatic N) is 6. The second kappa shape index (κ2) is 16.0. The minimum Gasteiger partial charge on any atom is -0.493 e. The molecule has 3 aromatic heterocycles. The van der Waals surface area contributed by atoms with E-state index in [2.05, 4.69) is 42.6 Å². The van der Waals surface area contributed by atoms with Crippen molar-refractivity contribution in [3.8, 4) is 5.75 Å². The zero-order chi connectivity index (χ0) is 39.6. The molecule has 1 fully saturated rings. The molecular formula is C42H48N8O5. The fraction of sp³-hybridized carbons (Fsp3) is 0.333. The maximum absolute atomic E-state index is 13.4. The van der Waals surface area contributed by atoms with Gasteiger partial charge in [0.2, 0.25) is 11.7 Å². The normalized spacial score (nSPS) is 14.7. The molecule has 0 bridgehead atoms. The molecule has 0 spiro atoms. The number of imidazole rings is 1. The number of fused-ring (bicyclic) bond motifs is 3. The van der Waals surface area contributed by atoms with Crippen LogP contribution in [0.3, 0.4) is 0 Å². The third-order valence-electron chi connectivity index (χ3n) is 9.24. The summed E-state index contributed by atoms with van der Waals surface area (Å²) in [4.78, 5) is 63.3. The Kier molecular flexibility index (Phi) is 11.2. The molecule has 2 aromatic carbocycles. The Morgan fingerprint density at radius 1 is 1.05 bits per heavy atom. The summed E-state index contributed by atoms with van der Waals surface area (Å²) < 4.78 is 10.8. The Morgan fingerprint density at radius 2 is 1.82 bits per heavy atom. The van der Waals surface area contributed by atoms with Crippen molar-refractivity contribution in [1.82, 2.24) is 23.6 Å². The number of Topliss-reactive ketones (excluding diaryl/α,β-unsaturated/α-hetero) is 1. The van der Waals surface area contributed by atoms with Gasteiger partial charge in [-0.1, -0.05) is 32.9 Å². The summed E-state index contributed by atoms with van der Waals surface area (Å²) in [6.07, 6.45) is 8.19. The molecule has 1 saturated heterocycles. The molecule has 0 saturated carbocycles. The molecule has 2 aliphatic rings. The van der Waals surface area contributed by atoms with Crippen LogP contribution in [-0.2, 0) is 25.3 Å². The number of nitrogen functional groups attached to an aromatic ring is 1. The first kappa shape index (κ1) is 38.5. The van der Waals surface area contributed by atoms with Crippen LogP contribution in [0.2, 0.25) is 0 Å². The van der Waals surface area contributed by atoms with Gasteiger partial charge in [0.05, 0.1) is 29.4 Å². The van der Waals surface area contributed by atoms with E-state index >= 15 is 0 Å². The summed E-state index contributed by atoms with van der Waals surface area (Å²) in [5.41, 5.74) is 11.3. The molecule has 13 nitrogen and oxygen atoms in total. The van der Waals surface area contributed by atoms with Gasteiger partial charge in [-0.15, -0.1) is 0 Å². The van der Waals surface area contributed by atoms with Crippen molar-refractivity contribution in [2.75, 3.05) is 24.2 Å². The fourth-order valence-electron chi connectivity index (χ4n) is 6.69. The van der Waals surface area contributed by atoms with Gasteiger partial charge in [-0.3, -0.25) is 28.7 Å². The van der Waals surface area contributed by atoms with E-state index < -0.39 is 0 Å². The number of amides is 2. The first-order valence-corrected chi connectivity index (χ1v) is 18.4. The quantitative estimate of drug-likeness (QED) is 0.0700. The predicted molar refractivity (Wildman–Crippen MR) is 215 cm³/mol. The average Bonchev–Trinajstić information content (AvgIpc) is 3.89. The second-order valence-corrected chi connectivity index (χ2v) is 14.9. The van der Waals surface area contributed by atoms with E-state index in [0.29, 0.717) is 53.3 Å². The number of ketones is 1. The predicted octanol–water partition coefficient (Wildman–Crippen LogP) is 6.66. The van der Waals surface area contributed by atoms with E-state index in [1.54, 1.807) is 87.8 Å². The van der Waals surface area contributed by atoms with Crippen LogP contribution in [0.25, 0.3) is 10.9 Å². The van der Waals surface area contributed by atoms with Crippen LogP contribution >= 0.6 is 0 Å². The van der Waals surface area contributed by atoms with E-state index in [9.17, 15) is 19.2 Å². The smallest absolute Gasteiger partial charge is 0.278 e. The standard InChI is InChI=1S/C38H38N8O5.C4H10/c1-22-12-27-18-40-29-17-33(23(2)13-28(29)37(49)46(27)19-22)51-11-5-6-35(48)41-34-21-44(4)36(42-34)32(47)15-24-14-31(43(3)20-24)38(50)45-10-9-25-16-26(39)7-8-30(25)45;1-4(2)3/h7-10,13-14,16-18,20-21,27H,1,5-6,11-12,15,19,39H2,2-4H3,(H,41,48);4H,1-3H3/t27-;/m0./s1. The van der Waals surface area contributed by atoms with E-state index in [1.165, 1.54) is 0 Å². The average molecular weight is 745 g/mol. The number of nitrogens with one attached hydrogen (secondary N) is 1. The number of anilines is 2. The number of benzene rings is 2. The minimum absolute atomic E-state index is 0.0236. The molecule has 2 amide bonds. The molecule has 0 radical (unpaired) electrons. The highest BCUT2D eigenvalue weighted by Gasteiger charge is 2.34. The van der Waals surface area contributed by atoms with Gasteiger partial charge in [-0.05, 0) is 73.2 Å². The second-order valence-electron chi connectivity index (χ2n) is 14.9. The topological polar surface area (TPSA) is 159 Å². The number of ether oxygens (including phenoxy) is 1. The number of hydrogen-bond donors (Lipinski definition) is 2. The van der Waals surface area contributed by atoms with Gasteiger partial charge in [0.25, 0.3) is 11.8 Å². The number of carbonyl (C=O) groups excluding carboxylic acids is 4. The number of aromatic nitrogens is 4. The minimum atomic E-state index is -0.266. The van der Waals surface area contributed by atoms with E-state index in [0.717, 1.165) is 28.0 Å². The van der Waals surface area contributed by atoms with Crippen LogP contribution < -0.4 is 15.8 Å². The van der Waals surface area contributed by atoms with Gasteiger partial charge in [0.15, 0.2) is 11.6 Å². The third kappa shape index (κ3) is 8.61. The van der Waals surface area contributed by atoms with Gasteiger partial charge in [-0.2, -0.15) is 0 Å². The molecule has 13 heteroatoms. The van der Waals surface area contributed by atoms with Crippen molar-refractivity contribution in [1.29, 1.82) is 0 Å². The van der Waals surface area contributed by atoms with E-state index in [-0.39, 0.29) is 60.6 Å². The lowest BCUT2D eigenvalue weighted by Gasteiger charge is -2.20. The lowest BCUT2D eigenvalue weighted by atomic mass is 10.1. The number of aryl methyl sites for hydroxylation is 3. The van der Waals surface area contributed by atoms with Crippen molar-refractivity contribution in [2.24, 2.45) is 25.0 Å². The number of rotatable bonds is 10. The Balaban J connectivity index is 0.00000123. The first-order chi connectivity index (χ1) is 26.2. The number of aliphatic imine (C=N–C) groups is 1. The Hall–Kier alpha value is -6.24. The summed E-state index contributed by atoms with van der Waals surface area (Å²) in [5, 5.41) is 3.62. The number of nitrogens with two attached hydrogens (primary N) is 1. The zero-order valence-corrected chi connectivity index (χ0v) is 32.3. The zero-order valence-electron chi connectivity index (χ0n) is 32.3. The lowest BCUT2D eigenvalue weighted by Crippen LogP contribution is -2.35. The highest BCUT2D eigenvalue weighted by molar-refractivity contribution is 6.04. The fourth-order valence-corrected chi connectivity index (χ4v) is 6.69. The van der Waals surface area contributed by atoms with Crippen LogP contribution in [0.1, 0.15) is 82.6 Å². The van der Waals surface area contributed by atoms with Crippen LogP contribution in [0, 0.1) is 12.8 Å². The van der Waals surface area contributed by atoms with Gasteiger partial charge in [-0.25, -0.2) is 4.98 Å². The van der Waals surface area contributed by atoms with Gasteiger partial charge in [0, 0.05) is 75.4 Å². The van der Waals surface area contributed by atoms with Gasteiger partial charge >= 0.3 is 0 Å². The van der Waals surface area contributed by atoms with Crippen molar-refractivity contribution >= 4 is 57.8 Å². The highest BCUT2D eigenvalue weighted by atomic mass is 16.5. The summed E-state index contributed by atoms with van der Waals surface area (Å²) in [6.45, 7) is 13.2. The van der Waals surface area contributed by atoms with Gasteiger partial charge in [0.1, 0.15) is 11.4 Å². The van der Waals surface area contributed by atoms with Crippen LogP contribution in [0.4, 0.5) is 17.2 Å². The van der Waals surface area contributed by atoms with Crippen molar-refractivity contribution in [3.63, 3.8) is 0 Å². The van der Waals surface area contributed by atoms with Crippen molar-refractivity contribution in [3.05, 3.63) is 101 Å². The summed E-state index contributed by atoms with van der Waals surface area (Å²) >= 11 is 0. The molecule has 286 valence electrons. The van der Waals surface area contributed by atoms with E-state index in [4.69, 9.17) is 10.5 Å². The van der Waals surface area contributed by atoms with Crippen molar-refractivity contribution in [2.45, 2.75) is 59.4 Å². The summed E-state index contributed by atoms with van der Waals surface area (Å²) in [6, 6.07) is 12.4. The summed E-state index contributed by atoms with van der Waals surface area (Å²) in [7, 11) is 3.45. The van der Waals surface area contributed by atoms with E-state index in [1.807, 2.05) is 19.1 Å². The number of hydrogen-bond acceptors (Lipinski definition) is 8. The molecule has 5 aromatic rings. The molecule has 7 rings (SSSR count). The molecule has 0 unspecified atom stereocenters. The maximum Gasteiger partial charge on any atom is 0.278 e. The summed E-state index contributed by atoms with van der Waals surface area (Å²) in [5.74, 6) is 1.08. The maximum atomic E-state index is 13.4. The molecular weight excluding hydrogens is 697 g/mol. The third-order valence-corrected chi connectivity index (χ3v) is 9.24. The monoisotopic (exact) mass is 744 g/mol. The van der Waals surface area contributed by atoms with Crippen LogP contribution in [0.15, 0.2) is 78.2 Å². The Morgan fingerprint density at radius 3 is 2.58 bits per heavy atom. The number of carbonyl (C=O) groups is 4. The van der Waals surface area contributed by atoms with Gasteiger partial charge < -0.3 is 29.8 Å². The first-order valence-electron chi connectivity index (χ1n) is 18.4. The SMILES string of the molecule is C=C1C[C@H]2C=Nc3cc(OCCCC(=O)Nc4cn(C)c(C(=O)Cc5cc(C(=O)n6ccc7cc(N)ccc76)n(C)c5)n4)c(C)cc3C(=O)N2C1.CC(C)C. The molecule has 55 heavy (non-hydrogen) atoms. The molecule has 2 aliphatic heterocycles. The molecule has 3 N–H and O–H groups in total.